The Balaban J connectivity index is 1.96. The van der Waals surface area contributed by atoms with Crippen LogP contribution in [0.3, 0.4) is 0 Å². The minimum absolute atomic E-state index is 0.149. The molecule has 1 saturated carbocycles. The molecule has 0 amide bonds. The number of rotatable bonds is 7. The lowest BCUT2D eigenvalue weighted by Gasteiger charge is -2.21. The van der Waals surface area contributed by atoms with Gasteiger partial charge in [-0.2, -0.15) is 0 Å². The molecule has 104 valence electrons. The second-order valence-corrected chi connectivity index (χ2v) is 6.21. The van der Waals surface area contributed by atoms with E-state index < -0.39 is 0 Å². The molecule has 1 aromatic rings. The number of aliphatic hydroxyl groups is 1. The van der Waals surface area contributed by atoms with E-state index >= 15 is 0 Å². The molecule has 0 unspecified atom stereocenters. The van der Waals surface area contributed by atoms with Crippen molar-refractivity contribution in [3.05, 3.63) is 21.9 Å². The molecular formula is C16H23NOS. The van der Waals surface area contributed by atoms with E-state index in [9.17, 15) is 0 Å². The SMILES string of the molecule is CCCN(Cc1sccc1C#CCCO)CC1CC1. The summed E-state index contributed by atoms with van der Waals surface area (Å²) in [6.07, 6.45) is 4.60. The fourth-order valence-electron chi connectivity index (χ4n) is 2.21. The van der Waals surface area contributed by atoms with Gasteiger partial charge < -0.3 is 5.11 Å². The average Bonchev–Trinajstić information content (AvgIpc) is 3.10. The maximum absolute atomic E-state index is 8.78. The Morgan fingerprint density at radius 2 is 2.32 bits per heavy atom. The molecule has 1 N–H and O–H groups in total. The van der Waals surface area contributed by atoms with Gasteiger partial charge in [-0.25, -0.2) is 0 Å². The van der Waals surface area contributed by atoms with E-state index in [1.54, 1.807) is 11.3 Å². The van der Waals surface area contributed by atoms with E-state index in [1.807, 2.05) is 0 Å². The van der Waals surface area contributed by atoms with Crippen molar-refractivity contribution in [1.29, 1.82) is 0 Å². The first-order valence-electron chi connectivity index (χ1n) is 7.22. The number of aliphatic hydroxyl groups excluding tert-OH is 1. The summed E-state index contributed by atoms with van der Waals surface area (Å²) in [5.41, 5.74) is 1.15. The molecule has 0 saturated heterocycles. The normalized spacial score (nSPS) is 14.5. The van der Waals surface area contributed by atoms with Gasteiger partial charge in [-0.15, -0.1) is 11.3 Å². The molecule has 19 heavy (non-hydrogen) atoms. The Labute approximate surface area is 120 Å². The summed E-state index contributed by atoms with van der Waals surface area (Å²) < 4.78 is 0. The number of nitrogens with zero attached hydrogens (tertiary/aromatic N) is 1. The van der Waals surface area contributed by atoms with Gasteiger partial charge in [0.1, 0.15) is 0 Å². The zero-order chi connectivity index (χ0) is 13.5. The second kappa shape index (κ2) is 7.69. The van der Waals surface area contributed by atoms with Crippen LogP contribution >= 0.6 is 11.3 Å². The zero-order valence-electron chi connectivity index (χ0n) is 11.7. The van der Waals surface area contributed by atoms with Gasteiger partial charge in [-0.1, -0.05) is 18.8 Å². The molecule has 0 spiro atoms. The first-order valence-corrected chi connectivity index (χ1v) is 8.10. The first kappa shape index (κ1) is 14.6. The highest BCUT2D eigenvalue weighted by Gasteiger charge is 2.24. The molecule has 0 radical (unpaired) electrons. The van der Waals surface area contributed by atoms with Crippen LogP contribution in [0.4, 0.5) is 0 Å². The van der Waals surface area contributed by atoms with Crippen LogP contribution in [-0.2, 0) is 6.54 Å². The topological polar surface area (TPSA) is 23.5 Å². The van der Waals surface area contributed by atoms with Crippen LogP contribution in [0.15, 0.2) is 11.4 Å². The molecule has 2 nitrogen and oxygen atoms in total. The van der Waals surface area contributed by atoms with Gasteiger partial charge in [-0.05, 0) is 43.2 Å². The van der Waals surface area contributed by atoms with Crippen LogP contribution in [0.2, 0.25) is 0 Å². The van der Waals surface area contributed by atoms with E-state index in [4.69, 9.17) is 5.11 Å². The van der Waals surface area contributed by atoms with Gasteiger partial charge in [0, 0.05) is 30.0 Å². The summed E-state index contributed by atoms with van der Waals surface area (Å²) >= 11 is 1.80. The molecule has 1 heterocycles. The summed E-state index contributed by atoms with van der Waals surface area (Å²) in [5, 5.41) is 10.9. The van der Waals surface area contributed by atoms with Gasteiger partial charge in [-0.3, -0.25) is 4.90 Å². The van der Waals surface area contributed by atoms with Crippen LogP contribution in [0.1, 0.15) is 43.0 Å². The molecule has 1 aliphatic carbocycles. The second-order valence-electron chi connectivity index (χ2n) is 5.21. The molecule has 1 aromatic heterocycles. The van der Waals surface area contributed by atoms with Crippen LogP contribution in [0.5, 0.6) is 0 Å². The van der Waals surface area contributed by atoms with Crippen molar-refractivity contribution in [2.45, 2.75) is 39.2 Å². The van der Waals surface area contributed by atoms with Crippen molar-refractivity contribution in [3.8, 4) is 11.8 Å². The van der Waals surface area contributed by atoms with Crippen LogP contribution in [-0.4, -0.2) is 29.7 Å². The fraction of sp³-hybridized carbons (Fsp3) is 0.625. The van der Waals surface area contributed by atoms with Crippen molar-refractivity contribution in [2.24, 2.45) is 5.92 Å². The molecule has 0 atom stereocenters. The molecule has 0 aromatic carbocycles. The molecule has 0 aliphatic heterocycles. The Morgan fingerprint density at radius 1 is 1.47 bits per heavy atom. The predicted octanol–water partition coefficient (Wildman–Crippen LogP) is 3.10. The lowest BCUT2D eigenvalue weighted by atomic mass is 10.2. The molecular weight excluding hydrogens is 254 g/mol. The molecule has 0 bridgehead atoms. The number of hydrogen-bond donors (Lipinski definition) is 1. The van der Waals surface area contributed by atoms with Crippen molar-refractivity contribution < 1.29 is 5.11 Å². The third kappa shape index (κ3) is 4.99. The molecule has 1 fully saturated rings. The Morgan fingerprint density at radius 3 is 3.00 bits per heavy atom. The minimum atomic E-state index is 0.149. The lowest BCUT2D eigenvalue weighted by molar-refractivity contribution is 0.257. The predicted molar refractivity (Wildman–Crippen MR) is 81.2 cm³/mol. The highest BCUT2D eigenvalue weighted by Crippen LogP contribution is 2.30. The fourth-order valence-corrected chi connectivity index (χ4v) is 3.08. The van der Waals surface area contributed by atoms with E-state index in [0.29, 0.717) is 6.42 Å². The van der Waals surface area contributed by atoms with Gasteiger partial charge >= 0.3 is 0 Å². The Kier molecular flexibility index (Phi) is 5.91. The molecule has 1 aliphatic rings. The summed E-state index contributed by atoms with van der Waals surface area (Å²) in [6, 6.07) is 2.10. The maximum atomic E-state index is 8.78. The van der Waals surface area contributed by atoms with Crippen molar-refractivity contribution >= 4 is 11.3 Å². The van der Waals surface area contributed by atoms with Crippen molar-refractivity contribution in [1.82, 2.24) is 4.90 Å². The third-order valence-electron chi connectivity index (χ3n) is 3.33. The summed E-state index contributed by atoms with van der Waals surface area (Å²) in [4.78, 5) is 3.94. The summed E-state index contributed by atoms with van der Waals surface area (Å²) in [7, 11) is 0. The summed E-state index contributed by atoms with van der Waals surface area (Å²) in [5.74, 6) is 7.15. The summed E-state index contributed by atoms with van der Waals surface area (Å²) in [6.45, 7) is 5.85. The van der Waals surface area contributed by atoms with E-state index in [-0.39, 0.29) is 6.61 Å². The van der Waals surface area contributed by atoms with Crippen molar-refractivity contribution in [3.63, 3.8) is 0 Å². The lowest BCUT2D eigenvalue weighted by Crippen LogP contribution is -2.26. The highest BCUT2D eigenvalue weighted by molar-refractivity contribution is 7.10. The minimum Gasteiger partial charge on any atom is -0.395 e. The number of hydrogen-bond acceptors (Lipinski definition) is 3. The van der Waals surface area contributed by atoms with Crippen LogP contribution in [0.25, 0.3) is 0 Å². The average molecular weight is 277 g/mol. The van der Waals surface area contributed by atoms with Gasteiger partial charge in [0.05, 0.1) is 6.61 Å². The molecule has 3 heteroatoms. The van der Waals surface area contributed by atoms with Gasteiger partial charge in [0.15, 0.2) is 0 Å². The quantitative estimate of drug-likeness (QED) is 0.774. The van der Waals surface area contributed by atoms with E-state index in [2.05, 4.69) is 35.1 Å². The smallest absolute Gasteiger partial charge is 0.0540 e. The Bertz CT molecular complexity index is 439. The highest BCUT2D eigenvalue weighted by atomic mass is 32.1. The maximum Gasteiger partial charge on any atom is 0.0540 e. The zero-order valence-corrected chi connectivity index (χ0v) is 12.5. The monoisotopic (exact) mass is 277 g/mol. The van der Waals surface area contributed by atoms with Gasteiger partial charge in [0.25, 0.3) is 0 Å². The van der Waals surface area contributed by atoms with Crippen molar-refractivity contribution in [2.75, 3.05) is 19.7 Å². The van der Waals surface area contributed by atoms with E-state index in [1.165, 1.54) is 37.2 Å². The largest absolute Gasteiger partial charge is 0.395 e. The van der Waals surface area contributed by atoms with Crippen LogP contribution < -0.4 is 0 Å². The number of thiophene rings is 1. The standard InChI is InChI=1S/C16H23NOS/c1-2-9-17(12-14-6-7-14)13-16-15(8-11-19-16)5-3-4-10-18/h8,11,14,18H,2,4,6-7,9-10,12-13H2,1H3. The van der Waals surface area contributed by atoms with Gasteiger partial charge in [0.2, 0.25) is 0 Å². The first-order chi connectivity index (χ1) is 9.33. The third-order valence-corrected chi connectivity index (χ3v) is 4.23. The Hall–Kier alpha value is -0.820. The van der Waals surface area contributed by atoms with E-state index in [0.717, 1.165) is 18.0 Å². The van der Waals surface area contributed by atoms with Crippen LogP contribution in [0, 0.1) is 17.8 Å². The molecule has 2 rings (SSSR count).